The summed E-state index contributed by atoms with van der Waals surface area (Å²) >= 11 is 5.76. The van der Waals surface area contributed by atoms with Crippen LogP contribution in [0.5, 0.6) is 0 Å². The number of hydrogen-bond acceptors (Lipinski definition) is 2. The Morgan fingerprint density at radius 3 is 2.93 bits per heavy atom. The summed E-state index contributed by atoms with van der Waals surface area (Å²) in [6.45, 7) is 1.82. The summed E-state index contributed by atoms with van der Waals surface area (Å²) in [5.74, 6) is 0.393. The van der Waals surface area contributed by atoms with Crippen molar-refractivity contribution < 1.29 is 4.79 Å². The van der Waals surface area contributed by atoms with E-state index in [9.17, 15) is 4.79 Å². The number of carbonyl (C=O) groups excluding carboxylic acids is 1. The number of nitrogens with zero attached hydrogens (tertiary/aromatic N) is 1. The van der Waals surface area contributed by atoms with Crippen molar-refractivity contribution in [2.75, 3.05) is 5.88 Å². The highest BCUT2D eigenvalue weighted by Gasteiger charge is 2.43. The lowest BCUT2D eigenvalue weighted by Crippen LogP contribution is -2.38. The first-order valence-corrected chi connectivity index (χ1v) is 5.09. The zero-order valence-electron chi connectivity index (χ0n) is 7.93. The van der Waals surface area contributed by atoms with Crippen molar-refractivity contribution in [1.29, 1.82) is 0 Å². The van der Waals surface area contributed by atoms with Crippen LogP contribution in [0.15, 0.2) is 6.20 Å². The lowest BCUT2D eigenvalue weighted by atomic mass is 10.2. The molecule has 2 N–H and O–H groups in total. The SMILES string of the molecule is Cc1[nH]ncc1C(=O)NC1(CCl)CC1. The van der Waals surface area contributed by atoms with E-state index in [1.165, 1.54) is 6.20 Å². The van der Waals surface area contributed by atoms with Crippen LogP contribution in [0.4, 0.5) is 0 Å². The average molecular weight is 214 g/mol. The molecule has 0 atom stereocenters. The maximum Gasteiger partial charge on any atom is 0.255 e. The minimum atomic E-state index is -0.150. The molecule has 1 fully saturated rings. The van der Waals surface area contributed by atoms with Gasteiger partial charge in [-0.05, 0) is 19.8 Å². The van der Waals surface area contributed by atoms with Crippen LogP contribution in [0.2, 0.25) is 0 Å². The van der Waals surface area contributed by atoms with Crippen LogP contribution in [0.3, 0.4) is 0 Å². The fourth-order valence-corrected chi connectivity index (χ4v) is 1.66. The van der Waals surface area contributed by atoms with Gasteiger partial charge in [0.05, 0.1) is 17.3 Å². The highest BCUT2D eigenvalue weighted by Crippen LogP contribution is 2.36. The number of nitrogens with one attached hydrogen (secondary N) is 2. The van der Waals surface area contributed by atoms with Gasteiger partial charge in [0.2, 0.25) is 0 Å². The van der Waals surface area contributed by atoms with E-state index in [4.69, 9.17) is 11.6 Å². The number of aryl methyl sites for hydroxylation is 1. The van der Waals surface area contributed by atoms with E-state index in [1.807, 2.05) is 6.92 Å². The molecule has 76 valence electrons. The van der Waals surface area contributed by atoms with E-state index in [0.717, 1.165) is 18.5 Å². The molecule has 1 aliphatic rings. The van der Waals surface area contributed by atoms with Crippen LogP contribution in [-0.4, -0.2) is 27.5 Å². The molecule has 4 nitrogen and oxygen atoms in total. The predicted molar refractivity (Wildman–Crippen MR) is 53.5 cm³/mol. The van der Waals surface area contributed by atoms with Gasteiger partial charge in [-0.3, -0.25) is 9.89 Å². The van der Waals surface area contributed by atoms with Crippen molar-refractivity contribution in [2.24, 2.45) is 0 Å². The highest BCUT2D eigenvalue weighted by atomic mass is 35.5. The Hall–Kier alpha value is -1.03. The van der Waals surface area contributed by atoms with Crippen molar-refractivity contribution in [3.8, 4) is 0 Å². The van der Waals surface area contributed by atoms with Crippen molar-refractivity contribution in [2.45, 2.75) is 25.3 Å². The van der Waals surface area contributed by atoms with Gasteiger partial charge in [0, 0.05) is 11.6 Å². The van der Waals surface area contributed by atoms with Gasteiger partial charge in [-0.15, -0.1) is 11.6 Å². The zero-order chi connectivity index (χ0) is 10.2. The average Bonchev–Trinajstić information content (AvgIpc) is 2.80. The van der Waals surface area contributed by atoms with Gasteiger partial charge in [-0.25, -0.2) is 0 Å². The molecule has 1 aliphatic carbocycles. The predicted octanol–water partition coefficient (Wildman–Crippen LogP) is 1.22. The van der Waals surface area contributed by atoms with Crippen LogP contribution >= 0.6 is 11.6 Å². The monoisotopic (exact) mass is 213 g/mol. The second-order valence-corrected chi connectivity index (χ2v) is 4.04. The van der Waals surface area contributed by atoms with E-state index in [2.05, 4.69) is 15.5 Å². The topological polar surface area (TPSA) is 57.8 Å². The summed E-state index contributed by atoms with van der Waals surface area (Å²) in [5, 5.41) is 9.46. The molecule has 0 aromatic carbocycles. The number of amides is 1. The molecule has 0 saturated heterocycles. The van der Waals surface area contributed by atoms with Crippen molar-refractivity contribution in [3.63, 3.8) is 0 Å². The Morgan fingerprint density at radius 1 is 1.79 bits per heavy atom. The highest BCUT2D eigenvalue weighted by molar-refractivity contribution is 6.19. The van der Waals surface area contributed by atoms with Crippen molar-refractivity contribution in [1.82, 2.24) is 15.5 Å². The minimum absolute atomic E-state index is 0.0885. The van der Waals surface area contributed by atoms with Crippen LogP contribution in [-0.2, 0) is 0 Å². The Balaban J connectivity index is 2.07. The molecule has 2 rings (SSSR count). The summed E-state index contributed by atoms with van der Waals surface area (Å²) in [6, 6.07) is 0. The molecule has 0 radical (unpaired) electrons. The molecule has 0 bridgehead atoms. The molecule has 0 unspecified atom stereocenters. The third-order valence-corrected chi connectivity index (χ3v) is 3.07. The molecular weight excluding hydrogens is 202 g/mol. The first-order chi connectivity index (χ1) is 6.67. The summed E-state index contributed by atoms with van der Waals surface area (Å²) in [6.07, 6.45) is 3.48. The maximum atomic E-state index is 11.7. The number of hydrogen-bond donors (Lipinski definition) is 2. The summed E-state index contributed by atoms with van der Waals surface area (Å²) in [5.41, 5.74) is 1.23. The lowest BCUT2D eigenvalue weighted by Gasteiger charge is -2.13. The Bertz CT molecular complexity index is 357. The Morgan fingerprint density at radius 2 is 2.50 bits per heavy atom. The van der Waals surface area contributed by atoms with Crippen LogP contribution in [0.1, 0.15) is 28.9 Å². The molecule has 1 amide bonds. The lowest BCUT2D eigenvalue weighted by molar-refractivity contribution is 0.0935. The first kappa shape index (κ1) is 9.52. The zero-order valence-corrected chi connectivity index (χ0v) is 8.69. The van der Waals surface area contributed by atoms with Gasteiger partial charge in [-0.2, -0.15) is 5.10 Å². The molecule has 0 aliphatic heterocycles. The number of alkyl halides is 1. The van der Waals surface area contributed by atoms with Gasteiger partial charge in [0.25, 0.3) is 5.91 Å². The molecule has 1 aromatic rings. The van der Waals surface area contributed by atoms with Crippen LogP contribution in [0, 0.1) is 6.92 Å². The molecule has 1 saturated carbocycles. The molecule has 14 heavy (non-hydrogen) atoms. The van der Waals surface area contributed by atoms with Gasteiger partial charge in [0.15, 0.2) is 0 Å². The number of halogens is 1. The van der Waals surface area contributed by atoms with E-state index in [-0.39, 0.29) is 11.4 Å². The van der Waals surface area contributed by atoms with E-state index < -0.39 is 0 Å². The molecule has 5 heteroatoms. The van der Waals surface area contributed by atoms with E-state index in [1.54, 1.807) is 0 Å². The summed E-state index contributed by atoms with van der Waals surface area (Å²) < 4.78 is 0. The van der Waals surface area contributed by atoms with E-state index in [0.29, 0.717) is 11.4 Å². The maximum absolute atomic E-state index is 11.7. The third kappa shape index (κ3) is 1.62. The molecular formula is C9H12ClN3O. The molecule has 1 heterocycles. The molecule has 1 aromatic heterocycles. The fourth-order valence-electron chi connectivity index (χ4n) is 1.33. The Labute approximate surface area is 87.0 Å². The molecule has 0 spiro atoms. The van der Waals surface area contributed by atoms with Crippen LogP contribution in [0.25, 0.3) is 0 Å². The van der Waals surface area contributed by atoms with Gasteiger partial charge >= 0.3 is 0 Å². The van der Waals surface area contributed by atoms with Gasteiger partial charge in [0.1, 0.15) is 0 Å². The minimum Gasteiger partial charge on any atom is -0.345 e. The number of H-pyrrole nitrogens is 1. The van der Waals surface area contributed by atoms with Gasteiger partial charge in [-0.1, -0.05) is 0 Å². The quantitative estimate of drug-likeness (QED) is 0.742. The van der Waals surface area contributed by atoms with Gasteiger partial charge < -0.3 is 5.32 Å². The van der Waals surface area contributed by atoms with Crippen LogP contribution < -0.4 is 5.32 Å². The van der Waals surface area contributed by atoms with Crippen molar-refractivity contribution in [3.05, 3.63) is 17.5 Å². The summed E-state index contributed by atoms with van der Waals surface area (Å²) in [4.78, 5) is 11.7. The normalized spacial score (nSPS) is 17.9. The third-order valence-electron chi connectivity index (χ3n) is 2.56. The number of aromatic nitrogens is 2. The smallest absolute Gasteiger partial charge is 0.255 e. The first-order valence-electron chi connectivity index (χ1n) is 4.55. The summed E-state index contributed by atoms with van der Waals surface area (Å²) in [7, 11) is 0. The standard InChI is InChI=1S/C9H12ClN3O/c1-6-7(4-11-13-6)8(14)12-9(5-10)2-3-9/h4H,2-3,5H2,1H3,(H,11,13)(H,12,14). The van der Waals surface area contributed by atoms with Crippen molar-refractivity contribution >= 4 is 17.5 Å². The second-order valence-electron chi connectivity index (χ2n) is 3.78. The number of rotatable bonds is 3. The second kappa shape index (κ2) is 3.28. The largest absolute Gasteiger partial charge is 0.345 e. The Kier molecular flexibility index (Phi) is 2.23. The number of aromatic amines is 1. The number of carbonyl (C=O) groups is 1. The van der Waals surface area contributed by atoms with E-state index >= 15 is 0 Å². The fraction of sp³-hybridized carbons (Fsp3) is 0.556.